The molecule has 2 aromatic rings. The zero-order valence-corrected chi connectivity index (χ0v) is 18.0. The first-order valence-electron chi connectivity index (χ1n) is 9.24. The number of aliphatic carboxylic acids is 1. The molecule has 0 radical (unpaired) electrons. The van der Waals surface area contributed by atoms with E-state index in [1.807, 2.05) is 17.0 Å². The molecule has 2 aliphatic heterocycles. The van der Waals surface area contributed by atoms with E-state index in [2.05, 4.69) is 6.07 Å². The van der Waals surface area contributed by atoms with Gasteiger partial charge in [-0.3, -0.25) is 9.69 Å². The number of ether oxygens (including phenoxy) is 2. The quantitative estimate of drug-likeness (QED) is 0.697. The molecule has 5 nitrogen and oxygen atoms in total. The minimum Gasteiger partial charge on any atom is -0.492 e. The van der Waals surface area contributed by atoms with Crippen LogP contribution >= 0.6 is 35.6 Å². The predicted molar refractivity (Wildman–Crippen MR) is 115 cm³/mol. The average Bonchev–Trinajstić information content (AvgIpc) is 3.01. The highest BCUT2D eigenvalue weighted by molar-refractivity contribution is 6.35. The summed E-state index contributed by atoms with van der Waals surface area (Å²) in [6.45, 7) is 2.54. The summed E-state index contributed by atoms with van der Waals surface area (Å²) in [6.07, 6.45) is 1.78. The van der Waals surface area contributed by atoms with Gasteiger partial charge in [0.15, 0.2) is 0 Å². The molecule has 1 saturated heterocycles. The molecule has 1 N–H and O–H groups in total. The number of benzene rings is 2. The number of hydrogen-bond donors (Lipinski definition) is 1. The standard InChI is InChI=1S/C21H21Cl2NO4.ClH/c22-17-2-1-3-18(23)15(17)12-27-14-4-5-16-19(10-14)28-13-21(16)6-8-24(9-7-21)11-20(25)26;/h1-5,10H,6-9,11-13H2,(H,25,26);1H. The maximum absolute atomic E-state index is 10.9. The third-order valence-electron chi connectivity index (χ3n) is 5.65. The number of nitrogens with zero attached hydrogens (tertiary/aromatic N) is 1. The zero-order chi connectivity index (χ0) is 19.7. The first kappa shape index (κ1) is 22.0. The van der Waals surface area contributed by atoms with Gasteiger partial charge < -0.3 is 14.6 Å². The molecule has 1 fully saturated rings. The summed E-state index contributed by atoms with van der Waals surface area (Å²) in [7, 11) is 0. The molecule has 0 aliphatic carbocycles. The predicted octanol–water partition coefficient (Wildman–Crippen LogP) is 4.80. The largest absolute Gasteiger partial charge is 0.492 e. The number of hydrogen-bond acceptors (Lipinski definition) is 4. The molecule has 0 unspecified atom stereocenters. The molecule has 8 heteroatoms. The molecule has 1 spiro atoms. The number of carbonyl (C=O) groups is 1. The number of rotatable bonds is 5. The van der Waals surface area contributed by atoms with Crippen LogP contribution in [0.3, 0.4) is 0 Å². The van der Waals surface area contributed by atoms with Crippen LogP contribution in [0.4, 0.5) is 0 Å². The van der Waals surface area contributed by atoms with Crippen LogP contribution in [-0.2, 0) is 16.8 Å². The first-order valence-corrected chi connectivity index (χ1v) is 10.00. The zero-order valence-electron chi connectivity index (χ0n) is 15.7. The van der Waals surface area contributed by atoms with Gasteiger partial charge in [0, 0.05) is 32.7 Å². The van der Waals surface area contributed by atoms with Crippen molar-refractivity contribution < 1.29 is 19.4 Å². The molecule has 0 bridgehead atoms. The van der Waals surface area contributed by atoms with Crippen LogP contribution in [-0.4, -0.2) is 42.2 Å². The van der Waals surface area contributed by atoms with Gasteiger partial charge in [0.05, 0.1) is 13.2 Å². The van der Waals surface area contributed by atoms with Crippen LogP contribution in [0, 0.1) is 0 Å². The Balaban J connectivity index is 0.00000240. The van der Waals surface area contributed by atoms with Gasteiger partial charge >= 0.3 is 5.97 Å². The van der Waals surface area contributed by atoms with Gasteiger partial charge in [-0.2, -0.15) is 0 Å². The lowest BCUT2D eigenvalue weighted by molar-refractivity contribution is -0.138. The van der Waals surface area contributed by atoms with E-state index in [9.17, 15) is 4.79 Å². The van der Waals surface area contributed by atoms with E-state index in [1.165, 1.54) is 5.56 Å². The van der Waals surface area contributed by atoms with Crippen molar-refractivity contribution in [3.8, 4) is 11.5 Å². The van der Waals surface area contributed by atoms with Gasteiger partial charge in [-0.05, 0) is 44.1 Å². The van der Waals surface area contributed by atoms with Gasteiger partial charge in [-0.15, -0.1) is 12.4 Å². The Morgan fingerprint density at radius 2 is 1.86 bits per heavy atom. The topological polar surface area (TPSA) is 59.0 Å². The van der Waals surface area contributed by atoms with Crippen molar-refractivity contribution in [1.29, 1.82) is 0 Å². The van der Waals surface area contributed by atoms with Gasteiger partial charge in [0.2, 0.25) is 0 Å². The summed E-state index contributed by atoms with van der Waals surface area (Å²) in [5.41, 5.74) is 1.91. The highest BCUT2D eigenvalue weighted by Gasteiger charge is 2.43. The van der Waals surface area contributed by atoms with E-state index in [4.69, 9.17) is 37.8 Å². The van der Waals surface area contributed by atoms with Gasteiger partial charge in [-0.25, -0.2) is 0 Å². The van der Waals surface area contributed by atoms with Crippen LogP contribution < -0.4 is 9.47 Å². The van der Waals surface area contributed by atoms with Crippen LogP contribution in [0.1, 0.15) is 24.0 Å². The van der Waals surface area contributed by atoms with E-state index >= 15 is 0 Å². The van der Waals surface area contributed by atoms with Crippen LogP contribution in [0.25, 0.3) is 0 Å². The molecule has 2 heterocycles. The van der Waals surface area contributed by atoms with Crippen LogP contribution in [0.2, 0.25) is 10.0 Å². The second-order valence-electron chi connectivity index (χ2n) is 7.39. The summed E-state index contributed by atoms with van der Waals surface area (Å²) in [5.74, 6) is 0.768. The highest BCUT2D eigenvalue weighted by atomic mass is 35.5. The number of carboxylic acid groups (broad SMARTS) is 1. The molecular weight excluding hydrogens is 437 g/mol. The Labute approximate surface area is 185 Å². The Morgan fingerprint density at radius 3 is 2.52 bits per heavy atom. The van der Waals surface area contributed by atoms with E-state index in [-0.39, 0.29) is 31.0 Å². The lowest BCUT2D eigenvalue weighted by atomic mass is 9.74. The molecule has 2 aromatic carbocycles. The molecule has 0 amide bonds. The molecule has 4 rings (SSSR count). The van der Waals surface area contributed by atoms with Crippen molar-refractivity contribution in [3.05, 3.63) is 57.6 Å². The van der Waals surface area contributed by atoms with E-state index in [1.54, 1.807) is 18.2 Å². The number of halogens is 3. The summed E-state index contributed by atoms with van der Waals surface area (Å²) >= 11 is 12.4. The van der Waals surface area contributed by atoms with Crippen molar-refractivity contribution in [1.82, 2.24) is 4.90 Å². The lowest BCUT2D eigenvalue weighted by Crippen LogP contribution is -2.45. The van der Waals surface area contributed by atoms with E-state index < -0.39 is 5.97 Å². The molecule has 0 atom stereocenters. The minimum absolute atomic E-state index is 0. The second-order valence-corrected chi connectivity index (χ2v) is 8.20. The fraction of sp³-hybridized carbons (Fsp3) is 0.381. The van der Waals surface area contributed by atoms with Crippen molar-refractivity contribution in [3.63, 3.8) is 0 Å². The molecule has 0 aromatic heterocycles. The van der Waals surface area contributed by atoms with Gasteiger partial charge in [0.25, 0.3) is 0 Å². The molecule has 2 aliphatic rings. The van der Waals surface area contributed by atoms with Crippen molar-refractivity contribution in [2.24, 2.45) is 0 Å². The SMILES string of the molecule is Cl.O=C(O)CN1CCC2(CC1)COc1cc(OCc3c(Cl)cccc3Cl)ccc12. The Kier molecular flexibility index (Phi) is 6.84. The van der Waals surface area contributed by atoms with Gasteiger partial charge in [-0.1, -0.05) is 35.3 Å². The average molecular weight is 459 g/mol. The number of fused-ring (bicyclic) bond motifs is 2. The molecule has 0 saturated carbocycles. The number of carboxylic acids is 1. The third-order valence-corrected chi connectivity index (χ3v) is 6.35. The van der Waals surface area contributed by atoms with Crippen molar-refractivity contribution >= 4 is 41.6 Å². The highest BCUT2D eigenvalue weighted by Crippen LogP contribution is 2.46. The fourth-order valence-corrected chi connectivity index (χ4v) is 4.52. The fourth-order valence-electron chi connectivity index (χ4n) is 4.01. The lowest BCUT2D eigenvalue weighted by Gasteiger charge is -2.37. The van der Waals surface area contributed by atoms with Crippen molar-refractivity contribution in [2.75, 3.05) is 26.2 Å². The second kappa shape index (κ2) is 9.00. The number of piperidine rings is 1. The number of likely N-dealkylation sites (tertiary alicyclic amines) is 1. The summed E-state index contributed by atoms with van der Waals surface area (Å²) in [6, 6.07) is 11.3. The maximum Gasteiger partial charge on any atom is 0.317 e. The Bertz CT molecular complexity index is 877. The summed E-state index contributed by atoms with van der Waals surface area (Å²) in [5, 5.41) is 10.1. The molecular formula is C21H22Cl3NO4. The monoisotopic (exact) mass is 457 g/mol. The van der Waals surface area contributed by atoms with Gasteiger partial charge in [0.1, 0.15) is 18.1 Å². The summed E-state index contributed by atoms with van der Waals surface area (Å²) in [4.78, 5) is 12.9. The first-order chi connectivity index (χ1) is 13.5. The normalized spacial score (nSPS) is 17.3. The van der Waals surface area contributed by atoms with E-state index in [0.717, 1.165) is 37.2 Å². The molecule has 156 valence electrons. The smallest absolute Gasteiger partial charge is 0.317 e. The maximum atomic E-state index is 10.9. The van der Waals surface area contributed by atoms with Crippen LogP contribution in [0.5, 0.6) is 11.5 Å². The Morgan fingerprint density at radius 1 is 1.17 bits per heavy atom. The van der Waals surface area contributed by atoms with Crippen molar-refractivity contribution in [2.45, 2.75) is 24.9 Å². The molecule has 29 heavy (non-hydrogen) atoms. The minimum atomic E-state index is -0.778. The third kappa shape index (κ3) is 4.58. The van der Waals surface area contributed by atoms with E-state index in [0.29, 0.717) is 22.4 Å². The Hall–Kier alpha value is -1.66. The summed E-state index contributed by atoms with van der Waals surface area (Å²) < 4.78 is 11.9. The van der Waals surface area contributed by atoms with Crippen LogP contribution in [0.15, 0.2) is 36.4 Å².